The van der Waals surface area contributed by atoms with Crippen molar-refractivity contribution in [3.05, 3.63) is 0 Å². The molecule has 0 unspecified atom stereocenters. The topological polar surface area (TPSA) is 0 Å². The van der Waals surface area contributed by atoms with E-state index >= 15 is 0 Å². The molecule has 0 atom stereocenters. The number of hydrogen-bond acceptors (Lipinski definition) is 0. The molecule has 4 heteroatoms. The zero-order valence-electron chi connectivity index (χ0n) is 4.96. The van der Waals surface area contributed by atoms with Crippen molar-refractivity contribution in [3.8, 4) is 0 Å². The summed E-state index contributed by atoms with van der Waals surface area (Å²) in [4.78, 5) is 0. The molecule has 0 aliphatic heterocycles. The van der Waals surface area contributed by atoms with E-state index in [4.69, 9.17) is 11.6 Å². The van der Waals surface area contributed by atoms with E-state index in [1.165, 1.54) is 6.42 Å². The third-order valence-corrected chi connectivity index (χ3v) is 0.754. The van der Waals surface area contributed by atoms with Gasteiger partial charge in [-0.05, 0) is 6.42 Å². The summed E-state index contributed by atoms with van der Waals surface area (Å²) in [5.74, 6) is 0.816. The van der Waals surface area contributed by atoms with Crippen molar-refractivity contribution < 1.29 is 24.8 Å². The van der Waals surface area contributed by atoms with Crippen LogP contribution < -0.4 is 24.8 Å². The Morgan fingerprint density at radius 3 is 1.62 bits per heavy atom. The largest absolute Gasteiger partial charge is 2.00 e. The molecule has 0 fully saturated rings. The molecule has 0 heterocycles. The Kier molecular flexibility index (Phi) is 64.4. The molecule has 0 bridgehead atoms. The van der Waals surface area contributed by atoms with Gasteiger partial charge in [-0.3, -0.25) is 0 Å². The van der Waals surface area contributed by atoms with Gasteiger partial charge in [0.1, 0.15) is 0 Å². The van der Waals surface area contributed by atoms with Gasteiger partial charge < -0.3 is 24.8 Å². The molecule has 48 valence electrons. The van der Waals surface area contributed by atoms with Gasteiger partial charge >= 0.3 is 37.7 Å². The van der Waals surface area contributed by atoms with Crippen LogP contribution >= 0.6 is 11.6 Å². The Bertz CT molecular complexity index is 18.8. The Balaban J connectivity index is -0.0000000267. The summed E-state index contributed by atoms with van der Waals surface area (Å²) in [6, 6.07) is 0. The van der Waals surface area contributed by atoms with E-state index in [0.29, 0.717) is 0 Å². The van der Waals surface area contributed by atoms with Gasteiger partial charge in [0, 0.05) is 5.88 Å². The summed E-state index contributed by atoms with van der Waals surface area (Å²) < 4.78 is 0. The zero-order valence-corrected chi connectivity index (χ0v) is 9.44. The first-order valence-electron chi connectivity index (χ1n) is 1.97. The van der Waals surface area contributed by atoms with Crippen LogP contribution in [0.2, 0.25) is 0 Å². The van der Waals surface area contributed by atoms with Crippen LogP contribution in [0.4, 0.5) is 0 Å². The molecule has 0 amide bonds. The number of hydrogen-bond donors (Lipinski definition) is 0. The monoisotopic (exact) mass is 202 g/mol. The van der Waals surface area contributed by atoms with Crippen molar-refractivity contribution in [2.75, 3.05) is 5.88 Å². The van der Waals surface area contributed by atoms with Crippen LogP contribution in [0.25, 0.3) is 0 Å². The van der Waals surface area contributed by atoms with E-state index < -0.39 is 0 Å². The van der Waals surface area contributed by atoms with E-state index in [-0.39, 0.29) is 62.6 Å². The number of unbranched alkanes of at least 4 members (excludes halogenated alkanes) is 1. The second-order valence-electron chi connectivity index (χ2n) is 1.04. The molecule has 0 spiro atoms. The fraction of sp³-hybridized carbons (Fsp3) is 1.00. The molecule has 0 saturated heterocycles. The quantitative estimate of drug-likeness (QED) is 0.315. The van der Waals surface area contributed by atoms with Gasteiger partial charge in [0.15, 0.2) is 0 Å². The average Bonchev–Trinajstić information content (AvgIpc) is 1.41. The van der Waals surface area contributed by atoms with Crippen molar-refractivity contribution in [2.45, 2.75) is 19.8 Å². The minimum Gasteiger partial charge on any atom is -1.00 e. The summed E-state index contributed by atoms with van der Waals surface area (Å²) in [5, 5.41) is 0. The zero-order chi connectivity index (χ0) is 4.12. The Morgan fingerprint density at radius 1 is 1.25 bits per heavy atom. The molecule has 0 rings (SSSR count). The standard InChI is InChI=1S/C4H9Cl.Ca.2ClH/c1-2-3-4-5;;;/h2-4H2,1H3;;2*1H/q;+2;;/p-2. The summed E-state index contributed by atoms with van der Waals surface area (Å²) in [6.45, 7) is 2.13. The molecule has 0 radical (unpaired) electrons. The van der Waals surface area contributed by atoms with Crippen LogP contribution in [-0.4, -0.2) is 43.6 Å². The Labute approximate surface area is 98.6 Å². The van der Waals surface area contributed by atoms with E-state index in [0.717, 1.165) is 12.3 Å². The van der Waals surface area contributed by atoms with E-state index in [1.807, 2.05) is 0 Å². The molecule has 0 nitrogen and oxygen atoms in total. The summed E-state index contributed by atoms with van der Waals surface area (Å²) in [5.41, 5.74) is 0. The maximum Gasteiger partial charge on any atom is 2.00 e. The molecule has 0 aromatic carbocycles. The third-order valence-electron chi connectivity index (χ3n) is 0.487. The minimum atomic E-state index is 0. The fourth-order valence-electron chi connectivity index (χ4n) is 0.134. The molecule has 0 aliphatic rings. The Morgan fingerprint density at radius 2 is 1.62 bits per heavy atom. The van der Waals surface area contributed by atoms with Gasteiger partial charge in [-0.25, -0.2) is 0 Å². The van der Waals surface area contributed by atoms with Gasteiger partial charge in [0.2, 0.25) is 0 Å². The number of alkyl halides is 1. The maximum absolute atomic E-state index is 5.30. The smallest absolute Gasteiger partial charge is 1.00 e. The van der Waals surface area contributed by atoms with Gasteiger partial charge in [-0.2, -0.15) is 0 Å². The molecule has 0 N–H and O–H groups in total. The van der Waals surface area contributed by atoms with Crippen LogP contribution in [0, 0.1) is 0 Å². The minimum absolute atomic E-state index is 0. The molecule has 0 aromatic rings. The van der Waals surface area contributed by atoms with E-state index in [2.05, 4.69) is 6.92 Å². The molecule has 8 heavy (non-hydrogen) atoms. The van der Waals surface area contributed by atoms with Crippen LogP contribution in [-0.2, 0) is 0 Å². The summed E-state index contributed by atoms with van der Waals surface area (Å²) in [6.07, 6.45) is 2.37. The SMILES string of the molecule is CCCCCl.[Ca+2].[Cl-].[Cl-]. The van der Waals surface area contributed by atoms with Gasteiger partial charge in [0.25, 0.3) is 0 Å². The summed E-state index contributed by atoms with van der Waals surface area (Å²) >= 11 is 5.30. The third kappa shape index (κ3) is 24.2. The van der Waals surface area contributed by atoms with Crippen molar-refractivity contribution in [2.24, 2.45) is 0 Å². The van der Waals surface area contributed by atoms with Gasteiger partial charge in [-0.1, -0.05) is 13.3 Å². The molecular formula is C4H9CaCl3. The molecule has 0 aromatic heterocycles. The first kappa shape index (κ1) is 22.5. The molecule has 0 saturated carbocycles. The first-order chi connectivity index (χ1) is 2.41. The predicted octanol–water partition coefficient (Wildman–Crippen LogP) is -4.35. The van der Waals surface area contributed by atoms with Crippen molar-refractivity contribution in [3.63, 3.8) is 0 Å². The maximum atomic E-state index is 5.30. The number of halogens is 3. The number of rotatable bonds is 2. The van der Waals surface area contributed by atoms with Crippen molar-refractivity contribution in [1.29, 1.82) is 0 Å². The van der Waals surface area contributed by atoms with Crippen LogP contribution in [0.1, 0.15) is 19.8 Å². The first-order valence-corrected chi connectivity index (χ1v) is 2.51. The van der Waals surface area contributed by atoms with Crippen LogP contribution in [0.3, 0.4) is 0 Å². The normalized spacial score (nSPS) is 5.25. The fourth-order valence-corrected chi connectivity index (χ4v) is 0.401. The van der Waals surface area contributed by atoms with Crippen LogP contribution in [0.15, 0.2) is 0 Å². The predicted molar refractivity (Wildman–Crippen MR) is 31.4 cm³/mol. The summed E-state index contributed by atoms with van der Waals surface area (Å²) in [7, 11) is 0. The van der Waals surface area contributed by atoms with E-state index in [1.54, 1.807) is 0 Å². The van der Waals surface area contributed by atoms with Crippen molar-refractivity contribution in [1.82, 2.24) is 0 Å². The molecule has 0 aliphatic carbocycles. The average molecular weight is 204 g/mol. The second-order valence-corrected chi connectivity index (χ2v) is 1.42. The Hall–Kier alpha value is 2.13. The second kappa shape index (κ2) is 22.9. The van der Waals surface area contributed by atoms with Crippen molar-refractivity contribution >= 4 is 49.3 Å². The van der Waals surface area contributed by atoms with Gasteiger partial charge in [0.05, 0.1) is 0 Å². The molecular weight excluding hydrogens is 194 g/mol. The van der Waals surface area contributed by atoms with Crippen LogP contribution in [0.5, 0.6) is 0 Å². The van der Waals surface area contributed by atoms with E-state index in [9.17, 15) is 0 Å². The van der Waals surface area contributed by atoms with Gasteiger partial charge in [-0.15, -0.1) is 11.6 Å².